The largest absolute Gasteiger partial charge is 0.406 e. The van der Waals surface area contributed by atoms with Gasteiger partial charge >= 0.3 is 6.18 Å². The number of nitrogens with zero attached hydrogens (tertiary/aromatic N) is 1. The van der Waals surface area contributed by atoms with Crippen molar-refractivity contribution in [3.05, 3.63) is 0 Å². The summed E-state index contributed by atoms with van der Waals surface area (Å²) in [6, 6.07) is 0.189. The van der Waals surface area contributed by atoms with Gasteiger partial charge in [-0.1, -0.05) is 0 Å². The van der Waals surface area contributed by atoms with Crippen molar-refractivity contribution in [2.45, 2.75) is 51.2 Å². The van der Waals surface area contributed by atoms with Gasteiger partial charge < -0.3 is 10.6 Å². The summed E-state index contributed by atoms with van der Waals surface area (Å²) in [5, 5.41) is 0. The Bertz CT molecular complexity index is 273. The van der Waals surface area contributed by atoms with Gasteiger partial charge in [-0.3, -0.25) is 4.79 Å². The van der Waals surface area contributed by atoms with Crippen LogP contribution in [0.1, 0.15) is 39.0 Å². The molecule has 0 atom stereocenters. The van der Waals surface area contributed by atoms with Crippen molar-refractivity contribution in [1.29, 1.82) is 0 Å². The highest BCUT2D eigenvalue weighted by Gasteiger charge is 2.33. The summed E-state index contributed by atoms with van der Waals surface area (Å²) in [4.78, 5) is 12.7. The monoisotopic (exact) mass is 266 g/mol. The third-order valence-electron chi connectivity index (χ3n) is 3.46. The van der Waals surface area contributed by atoms with Gasteiger partial charge in [0, 0.05) is 19.0 Å². The second-order valence-corrected chi connectivity index (χ2v) is 5.01. The molecule has 1 amide bonds. The van der Waals surface area contributed by atoms with E-state index in [0.29, 0.717) is 0 Å². The van der Waals surface area contributed by atoms with E-state index in [0.717, 1.165) is 30.6 Å². The van der Waals surface area contributed by atoms with Crippen LogP contribution in [-0.2, 0) is 4.79 Å². The summed E-state index contributed by atoms with van der Waals surface area (Å²) in [6.45, 7) is 0.527. The molecule has 0 saturated heterocycles. The Labute approximate surface area is 106 Å². The fourth-order valence-electron chi connectivity index (χ4n) is 2.36. The van der Waals surface area contributed by atoms with E-state index < -0.39 is 18.6 Å². The minimum absolute atomic E-state index is 0.102. The lowest BCUT2D eigenvalue weighted by molar-refractivity contribution is -0.161. The number of rotatable bonds is 4. The minimum atomic E-state index is -4.32. The van der Waals surface area contributed by atoms with E-state index in [1.165, 1.54) is 0 Å². The summed E-state index contributed by atoms with van der Waals surface area (Å²) in [5.41, 5.74) is 5.75. The SMILES string of the molecule is CCN(CC(F)(F)F)C(=O)CC1CCC(N)CC1. The number of alkyl halides is 3. The first-order chi connectivity index (χ1) is 8.31. The molecule has 1 saturated carbocycles. The molecule has 1 rings (SSSR count). The first-order valence-electron chi connectivity index (χ1n) is 6.42. The molecule has 1 fully saturated rings. The van der Waals surface area contributed by atoms with Crippen LogP contribution in [0.15, 0.2) is 0 Å². The van der Waals surface area contributed by atoms with E-state index in [1.54, 1.807) is 6.92 Å². The molecule has 3 nitrogen and oxygen atoms in total. The molecule has 18 heavy (non-hydrogen) atoms. The van der Waals surface area contributed by atoms with Crippen LogP contribution in [0.3, 0.4) is 0 Å². The second-order valence-electron chi connectivity index (χ2n) is 5.01. The number of halogens is 3. The Morgan fingerprint density at radius 1 is 1.28 bits per heavy atom. The van der Waals surface area contributed by atoms with Gasteiger partial charge in [-0.05, 0) is 38.5 Å². The van der Waals surface area contributed by atoms with Gasteiger partial charge in [0.1, 0.15) is 6.54 Å². The van der Waals surface area contributed by atoms with Crippen molar-refractivity contribution in [3.63, 3.8) is 0 Å². The summed E-state index contributed by atoms with van der Waals surface area (Å²) in [7, 11) is 0. The number of nitrogens with two attached hydrogens (primary N) is 1. The van der Waals surface area contributed by atoms with Crippen molar-refractivity contribution in [2.75, 3.05) is 13.1 Å². The summed E-state index contributed by atoms with van der Waals surface area (Å²) in [5.74, 6) is -0.199. The van der Waals surface area contributed by atoms with Crippen LogP contribution in [0.2, 0.25) is 0 Å². The van der Waals surface area contributed by atoms with Crippen LogP contribution in [0.5, 0.6) is 0 Å². The first-order valence-corrected chi connectivity index (χ1v) is 6.42. The number of hydrogen-bond donors (Lipinski definition) is 1. The molecule has 0 aromatic rings. The second kappa shape index (κ2) is 6.41. The predicted octanol–water partition coefficient (Wildman–Crippen LogP) is 2.30. The Balaban J connectivity index is 2.42. The molecule has 0 radical (unpaired) electrons. The van der Waals surface area contributed by atoms with Gasteiger partial charge in [-0.25, -0.2) is 0 Å². The Morgan fingerprint density at radius 3 is 2.28 bits per heavy atom. The van der Waals surface area contributed by atoms with Crippen LogP contribution in [0.4, 0.5) is 13.2 Å². The zero-order valence-corrected chi connectivity index (χ0v) is 10.7. The summed E-state index contributed by atoms with van der Waals surface area (Å²) < 4.78 is 36.8. The van der Waals surface area contributed by atoms with Crippen molar-refractivity contribution < 1.29 is 18.0 Å². The van der Waals surface area contributed by atoms with Gasteiger partial charge in [0.2, 0.25) is 5.91 Å². The molecule has 1 aliphatic rings. The number of hydrogen-bond acceptors (Lipinski definition) is 2. The lowest BCUT2D eigenvalue weighted by atomic mass is 9.84. The number of carbonyl (C=O) groups is 1. The third-order valence-corrected chi connectivity index (χ3v) is 3.46. The average molecular weight is 266 g/mol. The number of amides is 1. The van der Waals surface area contributed by atoms with Gasteiger partial charge in [-0.2, -0.15) is 13.2 Å². The van der Waals surface area contributed by atoms with Crippen LogP contribution in [0, 0.1) is 5.92 Å². The lowest BCUT2D eigenvalue weighted by Crippen LogP contribution is -2.40. The van der Waals surface area contributed by atoms with Gasteiger partial charge in [0.15, 0.2) is 0 Å². The van der Waals surface area contributed by atoms with E-state index in [2.05, 4.69) is 0 Å². The highest BCUT2D eigenvalue weighted by Crippen LogP contribution is 2.27. The quantitative estimate of drug-likeness (QED) is 0.848. The van der Waals surface area contributed by atoms with Gasteiger partial charge in [-0.15, -0.1) is 0 Å². The highest BCUT2D eigenvalue weighted by molar-refractivity contribution is 5.76. The van der Waals surface area contributed by atoms with E-state index in [9.17, 15) is 18.0 Å². The predicted molar refractivity (Wildman–Crippen MR) is 62.9 cm³/mol. The van der Waals surface area contributed by atoms with Crippen molar-refractivity contribution in [3.8, 4) is 0 Å². The molecule has 0 aromatic heterocycles. The maximum atomic E-state index is 12.3. The van der Waals surface area contributed by atoms with Crippen LogP contribution in [0.25, 0.3) is 0 Å². The van der Waals surface area contributed by atoms with E-state index in [4.69, 9.17) is 5.73 Å². The molecule has 0 aromatic carbocycles. The standard InChI is InChI=1S/C12H21F3N2O/c1-2-17(8-12(13,14)15)11(18)7-9-3-5-10(16)6-4-9/h9-10H,2-8,16H2,1H3. The highest BCUT2D eigenvalue weighted by atomic mass is 19.4. The van der Waals surface area contributed by atoms with Crippen LogP contribution in [-0.4, -0.2) is 36.1 Å². The molecule has 106 valence electrons. The lowest BCUT2D eigenvalue weighted by Gasteiger charge is -2.28. The molecular formula is C12H21F3N2O. The molecule has 0 spiro atoms. The summed E-state index contributed by atoms with van der Waals surface area (Å²) >= 11 is 0. The van der Waals surface area contributed by atoms with Gasteiger partial charge in [0.25, 0.3) is 0 Å². The first kappa shape index (κ1) is 15.3. The van der Waals surface area contributed by atoms with Crippen LogP contribution < -0.4 is 5.73 Å². The zero-order chi connectivity index (χ0) is 13.8. The third kappa shape index (κ3) is 5.25. The topological polar surface area (TPSA) is 46.3 Å². The van der Waals surface area contributed by atoms with E-state index >= 15 is 0 Å². The molecular weight excluding hydrogens is 245 g/mol. The zero-order valence-electron chi connectivity index (χ0n) is 10.7. The number of carbonyl (C=O) groups excluding carboxylic acids is 1. The molecule has 6 heteroatoms. The van der Waals surface area contributed by atoms with E-state index in [1.807, 2.05) is 0 Å². The van der Waals surface area contributed by atoms with Gasteiger partial charge in [0.05, 0.1) is 0 Å². The van der Waals surface area contributed by atoms with Crippen molar-refractivity contribution >= 4 is 5.91 Å². The average Bonchev–Trinajstić information content (AvgIpc) is 2.27. The fraction of sp³-hybridized carbons (Fsp3) is 0.917. The molecule has 0 aliphatic heterocycles. The Kier molecular flexibility index (Phi) is 5.44. The Morgan fingerprint density at radius 2 is 1.83 bits per heavy atom. The molecule has 0 bridgehead atoms. The van der Waals surface area contributed by atoms with Crippen molar-refractivity contribution in [2.24, 2.45) is 11.7 Å². The van der Waals surface area contributed by atoms with Crippen LogP contribution >= 0.6 is 0 Å². The Hall–Kier alpha value is -0.780. The van der Waals surface area contributed by atoms with E-state index in [-0.39, 0.29) is 24.9 Å². The molecule has 2 N–H and O–H groups in total. The molecule has 0 unspecified atom stereocenters. The maximum Gasteiger partial charge on any atom is 0.406 e. The maximum absolute atomic E-state index is 12.3. The smallest absolute Gasteiger partial charge is 0.334 e. The normalized spacial score (nSPS) is 24.9. The molecule has 1 aliphatic carbocycles. The minimum Gasteiger partial charge on any atom is -0.334 e. The molecule has 0 heterocycles. The fourth-order valence-corrected chi connectivity index (χ4v) is 2.36. The summed E-state index contributed by atoms with van der Waals surface area (Å²) in [6.07, 6.45) is -0.684. The van der Waals surface area contributed by atoms with Crippen molar-refractivity contribution in [1.82, 2.24) is 4.90 Å².